The molecule has 1 heterocycles. The van der Waals surface area contributed by atoms with Gasteiger partial charge in [-0.05, 0) is 28.1 Å². The Balaban J connectivity index is 2.38. The van der Waals surface area contributed by atoms with Crippen LogP contribution in [0, 0.1) is 0 Å². The fourth-order valence-electron chi connectivity index (χ4n) is 1.14. The number of aliphatic hydroxyl groups is 1. The number of hydrogen-bond donors (Lipinski definition) is 2. The lowest BCUT2D eigenvalue weighted by Crippen LogP contribution is -2.36. The summed E-state index contributed by atoms with van der Waals surface area (Å²) >= 11 is 3.32. The van der Waals surface area contributed by atoms with Crippen molar-refractivity contribution in [2.24, 2.45) is 0 Å². The van der Waals surface area contributed by atoms with Crippen LogP contribution in [0.2, 0.25) is 0 Å². The Morgan fingerprint density at radius 3 is 2.93 bits per heavy atom. The van der Waals surface area contributed by atoms with E-state index in [0.717, 1.165) is 10.2 Å². The lowest BCUT2D eigenvalue weighted by molar-refractivity contribution is 0.128. The average molecular weight is 275 g/mol. The van der Waals surface area contributed by atoms with Gasteiger partial charge in [0.05, 0.1) is 24.9 Å². The van der Waals surface area contributed by atoms with E-state index in [2.05, 4.69) is 26.2 Å². The summed E-state index contributed by atoms with van der Waals surface area (Å²) in [5.41, 5.74) is 0.938. The second kappa shape index (κ2) is 6.90. The van der Waals surface area contributed by atoms with Crippen molar-refractivity contribution in [1.29, 1.82) is 0 Å². The van der Waals surface area contributed by atoms with E-state index in [1.165, 1.54) is 0 Å². The third-order valence-corrected chi connectivity index (χ3v) is 2.42. The third kappa shape index (κ3) is 4.70. The summed E-state index contributed by atoms with van der Waals surface area (Å²) in [6.07, 6.45) is 1.75. The number of rotatable bonds is 6. The third-order valence-electron chi connectivity index (χ3n) is 1.95. The first-order valence-corrected chi connectivity index (χ1v) is 5.49. The molecule has 0 saturated heterocycles. The molecule has 2 N–H and O–H groups in total. The van der Waals surface area contributed by atoms with Crippen LogP contribution in [0.4, 0.5) is 0 Å². The van der Waals surface area contributed by atoms with Crippen LogP contribution in [-0.4, -0.2) is 36.5 Å². The van der Waals surface area contributed by atoms with E-state index in [4.69, 9.17) is 9.84 Å². The minimum atomic E-state index is -0.0413. The highest BCUT2D eigenvalue weighted by atomic mass is 79.9. The van der Waals surface area contributed by atoms with Crippen LogP contribution in [0.5, 0.6) is 0 Å². The molecule has 1 aromatic rings. The molecule has 0 bridgehead atoms. The van der Waals surface area contributed by atoms with Crippen LogP contribution in [0.15, 0.2) is 22.8 Å². The van der Waals surface area contributed by atoms with Crippen molar-refractivity contribution < 1.29 is 9.84 Å². The minimum Gasteiger partial charge on any atom is -0.395 e. The molecule has 0 aromatic carbocycles. The second-order valence-electron chi connectivity index (χ2n) is 3.18. The lowest BCUT2D eigenvalue weighted by atomic mass is 10.3. The average Bonchev–Trinajstić information content (AvgIpc) is 2.26. The Morgan fingerprint density at radius 2 is 2.40 bits per heavy atom. The first kappa shape index (κ1) is 12.6. The van der Waals surface area contributed by atoms with Gasteiger partial charge in [0.2, 0.25) is 0 Å². The van der Waals surface area contributed by atoms with Crippen molar-refractivity contribution in [2.45, 2.75) is 12.6 Å². The molecule has 5 heteroatoms. The molecule has 0 aliphatic carbocycles. The number of halogens is 1. The van der Waals surface area contributed by atoms with E-state index >= 15 is 0 Å². The Labute approximate surface area is 97.8 Å². The normalized spacial score (nSPS) is 12.7. The largest absolute Gasteiger partial charge is 0.395 e. The van der Waals surface area contributed by atoms with Gasteiger partial charge in [-0.1, -0.05) is 0 Å². The topological polar surface area (TPSA) is 54.4 Å². The zero-order valence-corrected chi connectivity index (χ0v) is 10.2. The molecule has 1 unspecified atom stereocenters. The van der Waals surface area contributed by atoms with Gasteiger partial charge in [0, 0.05) is 24.3 Å². The fraction of sp³-hybridized carbons (Fsp3) is 0.500. The number of nitrogens with one attached hydrogen (secondary N) is 1. The van der Waals surface area contributed by atoms with Gasteiger partial charge in [0.15, 0.2) is 0 Å². The molecule has 4 nitrogen and oxygen atoms in total. The molecule has 84 valence electrons. The first-order chi connectivity index (χ1) is 7.26. The predicted molar refractivity (Wildman–Crippen MR) is 61.5 cm³/mol. The monoisotopic (exact) mass is 274 g/mol. The summed E-state index contributed by atoms with van der Waals surface area (Å²) in [6, 6.07) is 3.83. The number of aliphatic hydroxyl groups excluding tert-OH is 1. The van der Waals surface area contributed by atoms with E-state index in [0.29, 0.717) is 13.2 Å². The van der Waals surface area contributed by atoms with Crippen LogP contribution >= 0.6 is 15.9 Å². The SMILES string of the molecule is COCC(CO)NCc1ccc(Br)cn1. The maximum atomic E-state index is 9.01. The maximum absolute atomic E-state index is 9.01. The second-order valence-corrected chi connectivity index (χ2v) is 4.10. The van der Waals surface area contributed by atoms with Crippen molar-refractivity contribution in [3.8, 4) is 0 Å². The van der Waals surface area contributed by atoms with Crippen molar-refractivity contribution in [2.75, 3.05) is 20.3 Å². The quantitative estimate of drug-likeness (QED) is 0.811. The molecule has 1 aromatic heterocycles. The van der Waals surface area contributed by atoms with Gasteiger partial charge >= 0.3 is 0 Å². The van der Waals surface area contributed by atoms with Crippen molar-refractivity contribution in [1.82, 2.24) is 10.3 Å². The summed E-state index contributed by atoms with van der Waals surface area (Å²) < 4.78 is 5.91. The van der Waals surface area contributed by atoms with Crippen LogP contribution < -0.4 is 5.32 Å². The standard InChI is InChI=1S/C10H15BrN2O2/c1-15-7-10(6-14)13-5-9-3-2-8(11)4-12-9/h2-4,10,13-14H,5-7H2,1H3. The number of methoxy groups -OCH3 is 1. The molecule has 1 rings (SSSR count). The van der Waals surface area contributed by atoms with Crippen LogP contribution in [0.3, 0.4) is 0 Å². The zero-order chi connectivity index (χ0) is 11.1. The number of pyridine rings is 1. The molecule has 0 radical (unpaired) electrons. The van der Waals surface area contributed by atoms with Gasteiger partial charge in [-0.25, -0.2) is 0 Å². The van der Waals surface area contributed by atoms with Gasteiger partial charge < -0.3 is 15.2 Å². The van der Waals surface area contributed by atoms with Gasteiger partial charge in [0.25, 0.3) is 0 Å². The van der Waals surface area contributed by atoms with Crippen LogP contribution in [-0.2, 0) is 11.3 Å². The summed E-state index contributed by atoms with van der Waals surface area (Å²) in [5, 5.41) is 12.2. The minimum absolute atomic E-state index is 0.0413. The predicted octanol–water partition coefficient (Wildman–Crippen LogP) is 0.941. The highest BCUT2D eigenvalue weighted by Gasteiger charge is 2.05. The highest BCUT2D eigenvalue weighted by Crippen LogP contribution is 2.07. The Bertz CT molecular complexity index is 279. The number of aromatic nitrogens is 1. The number of nitrogens with zero attached hydrogens (tertiary/aromatic N) is 1. The van der Waals surface area contributed by atoms with E-state index in [1.807, 2.05) is 12.1 Å². The lowest BCUT2D eigenvalue weighted by Gasteiger charge is -2.14. The fourth-order valence-corrected chi connectivity index (χ4v) is 1.37. The van der Waals surface area contributed by atoms with Crippen molar-refractivity contribution >= 4 is 15.9 Å². The summed E-state index contributed by atoms with van der Waals surface area (Å²) in [6.45, 7) is 1.18. The Hall–Kier alpha value is -0.490. The van der Waals surface area contributed by atoms with Crippen molar-refractivity contribution in [3.63, 3.8) is 0 Å². The van der Waals surface area contributed by atoms with E-state index in [-0.39, 0.29) is 12.6 Å². The molecule has 1 atom stereocenters. The van der Waals surface area contributed by atoms with Crippen LogP contribution in [0.25, 0.3) is 0 Å². The summed E-state index contributed by atoms with van der Waals surface area (Å²) in [7, 11) is 1.61. The zero-order valence-electron chi connectivity index (χ0n) is 8.61. The molecule has 15 heavy (non-hydrogen) atoms. The Morgan fingerprint density at radius 1 is 1.60 bits per heavy atom. The maximum Gasteiger partial charge on any atom is 0.0638 e. The molecular weight excluding hydrogens is 260 g/mol. The van der Waals surface area contributed by atoms with Gasteiger partial charge in [0.1, 0.15) is 0 Å². The summed E-state index contributed by atoms with van der Waals surface area (Å²) in [5.74, 6) is 0. The molecule has 0 aliphatic heterocycles. The molecule has 0 aliphatic rings. The number of hydrogen-bond acceptors (Lipinski definition) is 4. The van der Waals surface area contributed by atoms with E-state index < -0.39 is 0 Å². The van der Waals surface area contributed by atoms with Gasteiger partial charge in [-0.2, -0.15) is 0 Å². The molecule has 0 fully saturated rings. The van der Waals surface area contributed by atoms with E-state index in [1.54, 1.807) is 13.3 Å². The molecule has 0 amide bonds. The van der Waals surface area contributed by atoms with E-state index in [9.17, 15) is 0 Å². The van der Waals surface area contributed by atoms with Crippen molar-refractivity contribution in [3.05, 3.63) is 28.5 Å². The summed E-state index contributed by atoms with van der Waals surface area (Å²) in [4.78, 5) is 4.21. The number of ether oxygens (including phenoxy) is 1. The smallest absolute Gasteiger partial charge is 0.0638 e. The Kier molecular flexibility index (Phi) is 5.78. The highest BCUT2D eigenvalue weighted by molar-refractivity contribution is 9.10. The van der Waals surface area contributed by atoms with Gasteiger partial charge in [-0.15, -0.1) is 0 Å². The molecule has 0 saturated carbocycles. The van der Waals surface area contributed by atoms with Crippen LogP contribution in [0.1, 0.15) is 5.69 Å². The van der Waals surface area contributed by atoms with Gasteiger partial charge in [-0.3, -0.25) is 4.98 Å². The first-order valence-electron chi connectivity index (χ1n) is 4.70. The molecule has 0 spiro atoms. The molecular formula is C10H15BrN2O2.